The van der Waals surface area contributed by atoms with Crippen molar-refractivity contribution in [1.82, 2.24) is 15.0 Å². The van der Waals surface area contributed by atoms with E-state index in [2.05, 4.69) is 22.4 Å². The SMILES string of the molecule is O=C(Nc1ccc2nc3ccc4ccccc4c3nc2c1)c1cccnc1. The number of nitrogens with zero attached hydrogens (tertiary/aromatic N) is 3. The van der Waals surface area contributed by atoms with Crippen LogP contribution in [0.15, 0.2) is 79.1 Å². The van der Waals surface area contributed by atoms with Crippen LogP contribution in [-0.2, 0) is 0 Å². The van der Waals surface area contributed by atoms with E-state index in [9.17, 15) is 4.79 Å². The van der Waals surface area contributed by atoms with Crippen LogP contribution in [0.5, 0.6) is 0 Å². The molecule has 0 saturated heterocycles. The first-order valence-corrected chi connectivity index (χ1v) is 8.59. The third kappa shape index (κ3) is 2.75. The van der Waals surface area contributed by atoms with Crippen LogP contribution in [0.25, 0.3) is 32.8 Å². The summed E-state index contributed by atoms with van der Waals surface area (Å²) in [5.74, 6) is -0.207. The van der Waals surface area contributed by atoms with Gasteiger partial charge in [-0.3, -0.25) is 9.78 Å². The summed E-state index contributed by atoms with van der Waals surface area (Å²) in [5.41, 5.74) is 4.42. The summed E-state index contributed by atoms with van der Waals surface area (Å²) in [6.45, 7) is 0. The van der Waals surface area contributed by atoms with Crippen molar-refractivity contribution in [2.45, 2.75) is 0 Å². The number of fused-ring (bicyclic) bond motifs is 4. The molecule has 0 aliphatic rings. The maximum atomic E-state index is 12.4. The summed E-state index contributed by atoms with van der Waals surface area (Å²) < 4.78 is 0. The fourth-order valence-corrected chi connectivity index (χ4v) is 3.19. The summed E-state index contributed by atoms with van der Waals surface area (Å²) >= 11 is 0. The second kappa shape index (κ2) is 6.14. The predicted octanol–water partition coefficient (Wildman–Crippen LogP) is 4.58. The van der Waals surface area contributed by atoms with Crippen LogP contribution in [0.3, 0.4) is 0 Å². The average molecular weight is 350 g/mol. The molecule has 1 amide bonds. The highest BCUT2D eigenvalue weighted by Gasteiger charge is 2.09. The van der Waals surface area contributed by atoms with Crippen LogP contribution < -0.4 is 5.32 Å². The molecule has 0 spiro atoms. The van der Waals surface area contributed by atoms with Crippen molar-refractivity contribution in [3.8, 4) is 0 Å². The number of carbonyl (C=O) groups excluding carboxylic acids is 1. The van der Waals surface area contributed by atoms with Crippen LogP contribution in [-0.4, -0.2) is 20.9 Å². The monoisotopic (exact) mass is 350 g/mol. The van der Waals surface area contributed by atoms with Crippen molar-refractivity contribution in [1.29, 1.82) is 0 Å². The van der Waals surface area contributed by atoms with Gasteiger partial charge in [-0.2, -0.15) is 0 Å². The fraction of sp³-hybridized carbons (Fsp3) is 0. The largest absolute Gasteiger partial charge is 0.322 e. The van der Waals surface area contributed by atoms with E-state index in [0.717, 1.165) is 32.8 Å². The van der Waals surface area contributed by atoms with Crippen molar-refractivity contribution in [3.63, 3.8) is 0 Å². The molecule has 27 heavy (non-hydrogen) atoms. The lowest BCUT2D eigenvalue weighted by atomic mass is 10.1. The van der Waals surface area contributed by atoms with Gasteiger partial charge in [0.05, 0.1) is 27.6 Å². The van der Waals surface area contributed by atoms with Crippen LogP contribution in [0.2, 0.25) is 0 Å². The minimum absolute atomic E-state index is 0.207. The van der Waals surface area contributed by atoms with Crippen LogP contribution in [0.1, 0.15) is 10.4 Å². The number of hydrogen-bond donors (Lipinski definition) is 1. The molecule has 5 rings (SSSR count). The van der Waals surface area contributed by atoms with Gasteiger partial charge in [-0.05, 0) is 41.8 Å². The molecule has 0 aliphatic heterocycles. The van der Waals surface area contributed by atoms with Gasteiger partial charge >= 0.3 is 0 Å². The Kier molecular flexibility index (Phi) is 3.50. The molecule has 3 aromatic carbocycles. The first-order valence-electron chi connectivity index (χ1n) is 8.59. The molecule has 128 valence electrons. The van der Waals surface area contributed by atoms with Gasteiger partial charge in [-0.25, -0.2) is 9.97 Å². The Hall–Kier alpha value is -3.86. The molecular weight excluding hydrogens is 336 g/mol. The summed E-state index contributed by atoms with van der Waals surface area (Å²) in [6.07, 6.45) is 3.17. The summed E-state index contributed by atoms with van der Waals surface area (Å²) in [6, 6.07) is 21.2. The van der Waals surface area contributed by atoms with E-state index in [1.807, 2.05) is 42.5 Å². The van der Waals surface area contributed by atoms with Crippen molar-refractivity contribution in [3.05, 3.63) is 84.7 Å². The van der Waals surface area contributed by atoms with Gasteiger partial charge < -0.3 is 5.32 Å². The predicted molar refractivity (Wildman–Crippen MR) is 107 cm³/mol. The number of aromatic nitrogens is 3. The molecule has 5 aromatic rings. The Morgan fingerprint density at radius 2 is 1.70 bits per heavy atom. The van der Waals surface area contributed by atoms with Gasteiger partial charge in [0.15, 0.2) is 0 Å². The van der Waals surface area contributed by atoms with Gasteiger partial charge in [0.25, 0.3) is 5.91 Å². The Morgan fingerprint density at radius 1 is 0.815 bits per heavy atom. The first kappa shape index (κ1) is 15.4. The molecule has 0 fully saturated rings. The highest BCUT2D eigenvalue weighted by molar-refractivity contribution is 6.07. The fourth-order valence-electron chi connectivity index (χ4n) is 3.19. The quantitative estimate of drug-likeness (QED) is 0.374. The lowest BCUT2D eigenvalue weighted by molar-refractivity contribution is 0.102. The number of nitrogens with one attached hydrogen (secondary N) is 1. The van der Waals surface area contributed by atoms with E-state index in [1.165, 1.54) is 6.20 Å². The van der Waals surface area contributed by atoms with E-state index >= 15 is 0 Å². The standard InChI is InChI=1S/C22H14N4O/c27-22(15-5-3-11-23-13-15)24-16-8-10-18-20(12-16)26-21-17-6-2-1-4-14(17)7-9-19(21)25-18/h1-13H,(H,24,27). The van der Waals surface area contributed by atoms with E-state index in [1.54, 1.807) is 18.3 Å². The van der Waals surface area contributed by atoms with E-state index in [0.29, 0.717) is 11.3 Å². The number of rotatable bonds is 2. The highest BCUT2D eigenvalue weighted by Crippen LogP contribution is 2.26. The topological polar surface area (TPSA) is 67.8 Å². The van der Waals surface area contributed by atoms with Crippen LogP contribution >= 0.6 is 0 Å². The smallest absolute Gasteiger partial charge is 0.257 e. The van der Waals surface area contributed by atoms with Gasteiger partial charge in [0, 0.05) is 23.5 Å². The van der Waals surface area contributed by atoms with E-state index in [-0.39, 0.29) is 5.91 Å². The summed E-state index contributed by atoms with van der Waals surface area (Å²) in [4.78, 5) is 25.9. The third-order valence-corrected chi connectivity index (χ3v) is 4.51. The normalized spacial score (nSPS) is 11.1. The molecule has 0 unspecified atom stereocenters. The molecule has 2 heterocycles. The molecule has 0 radical (unpaired) electrons. The van der Waals surface area contributed by atoms with Crippen molar-refractivity contribution in [2.24, 2.45) is 0 Å². The molecule has 5 heteroatoms. The Morgan fingerprint density at radius 3 is 2.59 bits per heavy atom. The third-order valence-electron chi connectivity index (χ3n) is 4.51. The van der Waals surface area contributed by atoms with Crippen LogP contribution in [0.4, 0.5) is 5.69 Å². The second-order valence-electron chi connectivity index (χ2n) is 6.28. The molecule has 0 saturated carbocycles. The molecule has 2 aromatic heterocycles. The zero-order chi connectivity index (χ0) is 18.2. The molecule has 1 N–H and O–H groups in total. The zero-order valence-electron chi connectivity index (χ0n) is 14.3. The van der Waals surface area contributed by atoms with Crippen LogP contribution in [0, 0.1) is 0 Å². The minimum Gasteiger partial charge on any atom is -0.322 e. The van der Waals surface area contributed by atoms with E-state index < -0.39 is 0 Å². The van der Waals surface area contributed by atoms with Gasteiger partial charge in [-0.15, -0.1) is 0 Å². The average Bonchev–Trinajstić information content (AvgIpc) is 2.73. The number of pyridine rings is 1. The maximum absolute atomic E-state index is 12.4. The van der Waals surface area contributed by atoms with Gasteiger partial charge in [0.2, 0.25) is 0 Å². The number of amides is 1. The molecule has 0 atom stereocenters. The number of anilines is 1. The maximum Gasteiger partial charge on any atom is 0.257 e. The summed E-state index contributed by atoms with van der Waals surface area (Å²) in [7, 11) is 0. The Balaban J connectivity index is 1.61. The zero-order valence-corrected chi connectivity index (χ0v) is 14.3. The van der Waals surface area contributed by atoms with Gasteiger partial charge in [0.1, 0.15) is 0 Å². The number of hydrogen-bond acceptors (Lipinski definition) is 4. The van der Waals surface area contributed by atoms with E-state index in [4.69, 9.17) is 9.97 Å². The molecular formula is C22H14N4O. The first-order chi connectivity index (χ1) is 13.3. The Labute approximate surface area is 154 Å². The second-order valence-corrected chi connectivity index (χ2v) is 6.28. The molecule has 5 nitrogen and oxygen atoms in total. The Bertz CT molecular complexity index is 1320. The number of carbonyl (C=O) groups is 1. The lowest BCUT2D eigenvalue weighted by Gasteiger charge is -2.08. The van der Waals surface area contributed by atoms with Crippen molar-refractivity contribution in [2.75, 3.05) is 5.32 Å². The lowest BCUT2D eigenvalue weighted by Crippen LogP contribution is -2.11. The summed E-state index contributed by atoms with van der Waals surface area (Å²) in [5, 5.41) is 5.08. The molecule has 0 bridgehead atoms. The highest BCUT2D eigenvalue weighted by atomic mass is 16.1. The minimum atomic E-state index is -0.207. The van der Waals surface area contributed by atoms with Gasteiger partial charge in [-0.1, -0.05) is 30.3 Å². The number of benzene rings is 3. The van der Waals surface area contributed by atoms with Crippen molar-refractivity contribution >= 4 is 44.4 Å². The van der Waals surface area contributed by atoms with Crippen molar-refractivity contribution < 1.29 is 4.79 Å². The molecule has 0 aliphatic carbocycles.